The number of hydrogen-bond acceptors (Lipinski definition) is 2. The molecule has 0 aliphatic heterocycles. The van der Waals surface area contributed by atoms with Crippen molar-refractivity contribution in [1.29, 1.82) is 0 Å². The zero-order valence-corrected chi connectivity index (χ0v) is 40.8. The van der Waals surface area contributed by atoms with E-state index >= 15 is 0 Å². The van der Waals surface area contributed by atoms with Gasteiger partial charge in [0.05, 0.1) is 5.69 Å². The lowest BCUT2D eigenvalue weighted by molar-refractivity contribution is 0.394. The van der Waals surface area contributed by atoms with Crippen LogP contribution in [-0.4, -0.2) is 0 Å². The lowest BCUT2D eigenvalue weighted by Crippen LogP contribution is -2.19. The molecule has 0 spiro atoms. The van der Waals surface area contributed by atoms with Crippen LogP contribution >= 0.6 is 0 Å². The molecular weight excluding hydrogens is 775 g/mol. The van der Waals surface area contributed by atoms with Gasteiger partial charge >= 0.3 is 0 Å². The van der Waals surface area contributed by atoms with Crippen LogP contribution in [0.15, 0.2) is 125 Å². The Labute approximate surface area is 383 Å². The molecule has 10 rings (SSSR count). The summed E-state index contributed by atoms with van der Waals surface area (Å²) in [7, 11) is 0. The maximum Gasteiger partial charge on any atom is 0.142 e. The van der Waals surface area contributed by atoms with E-state index in [1.807, 2.05) is 0 Å². The normalized spacial score (nSPS) is 17.0. The average Bonchev–Trinajstić information content (AvgIpc) is 3.82. The fraction of sp³-hybridized carbons (Fsp3) is 0.355. The summed E-state index contributed by atoms with van der Waals surface area (Å²) in [5, 5.41) is 1.21. The van der Waals surface area contributed by atoms with Crippen molar-refractivity contribution in [2.24, 2.45) is 11.8 Å². The van der Waals surface area contributed by atoms with Crippen molar-refractivity contribution in [2.45, 2.75) is 131 Å². The number of furan rings is 1. The molecule has 0 bridgehead atoms. The highest BCUT2D eigenvalue weighted by molar-refractivity contribution is 6.03. The van der Waals surface area contributed by atoms with Gasteiger partial charge in [0.1, 0.15) is 11.3 Å². The molecule has 64 heavy (non-hydrogen) atoms. The third-order valence-corrected chi connectivity index (χ3v) is 15.5. The molecule has 1 atom stereocenters. The van der Waals surface area contributed by atoms with Gasteiger partial charge in [0.15, 0.2) is 0 Å². The zero-order chi connectivity index (χ0) is 45.4. The van der Waals surface area contributed by atoms with Crippen LogP contribution in [0.5, 0.6) is 0 Å². The number of hydrogen-bond donors (Lipinski definition) is 0. The van der Waals surface area contributed by atoms with Crippen molar-refractivity contribution in [3.63, 3.8) is 0 Å². The minimum atomic E-state index is -0.181. The predicted molar refractivity (Wildman–Crippen MR) is 274 cm³/mol. The number of fused-ring (bicyclic) bond motifs is 9. The van der Waals surface area contributed by atoms with Gasteiger partial charge in [0.25, 0.3) is 0 Å². The first-order valence-electron chi connectivity index (χ1n) is 23.9. The van der Waals surface area contributed by atoms with Crippen molar-refractivity contribution < 1.29 is 4.42 Å². The molecule has 0 saturated carbocycles. The lowest BCUT2D eigenvalue weighted by atomic mass is 9.78. The second kappa shape index (κ2) is 14.5. The average molecular weight is 842 g/mol. The zero-order valence-electron chi connectivity index (χ0n) is 40.8. The van der Waals surface area contributed by atoms with Crippen molar-refractivity contribution in [1.82, 2.24) is 0 Å². The number of benzene rings is 6. The molecule has 2 nitrogen and oxygen atoms in total. The Balaban J connectivity index is 1.24. The fourth-order valence-electron chi connectivity index (χ4n) is 11.3. The van der Waals surface area contributed by atoms with E-state index in [2.05, 4.69) is 223 Å². The van der Waals surface area contributed by atoms with Crippen LogP contribution in [0.4, 0.5) is 17.1 Å². The second-order valence-corrected chi connectivity index (χ2v) is 23.1. The largest absolute Gasteiger partial charge is 0.459 e. The van der Waals surface area contributed by atoms with Crippen LogP contribution in [-0.2, 0) is 21.7 Å². The first kappa shape index (κ1) is 42.4. The van der Waals surface area contributed by atoms with E-state index in [-0.39, 0.29) is 21.7 Å². The number of anilines is 3. The van der Waals surface area contributed by atoms with E-state index in [0.717, 1.165) is 40.4 Å². The monoisotopic (exact) mass is 842 g/mol. The minimum absolute atomic E-state index is 0.0656. The Bertz CT molecular complexity index is 3050. The van der Waals surface area contributed by atoms with E-state index < -0.39 is 0 Å². The van der Waals surface area contributed by atoms with Crippen LogP contribution in [0.1, 0.15) is 154 Å². The Hall–Kier alpha value is -5.60. The highest BCUT2D eigenvalue weighted by Gasteiger charge is 2.39. The van der Waals surface area contributed by atoms with Crippen molar-refractivity contribution in [3.8, 4) is 33.4 Å². The molecule has 0 fully saturated rings. The van der Waals surface area contributed by atoms with E-state index in [9.17, 15) is 0 Å². The van der Waals surface area contributed by atoms with Crippen LogP contribution in [0.25, 0.3) is 50.4 Å². The summed E-state index contributed by atoms with van der Waals surface area (Å²) in [4.78, 5) is 2.57. The standard InChI is InChI=1S/C62H67NO/c1-36(2)38-30-50(37(3)4)58-51(31-38)49-20-17-19-48(57(49)64-58)47-27-23-40(60(8,9)10)33-56(47)63(41-24-28-45-43-18-15-16-21-52(43)61(11,12)54(45)34-41)42-25-29-46-44-26-22-39(59(5,6)7)32-53(44)62(13,14)55(46)35-42/h15-29,31-37,50H,30H2,1-14H3. The first-order chi connectivity index (χ1) is 30.2. The first-order valence-corrected chi connectivity index (χ1v) is 23.9. The number of rotatable bonds is 6. The van der Waals surface area contributed by atoms with Gasteiger partial charge in [-0.1, -0.05) is 194 Å². The second-order valence-electron chi connectivity index (χ2n) is 23.1. The van der Waals surface area contributed by atoms with Gasteiger partial charge in [-0.2, -0.15) is 0 Å². The van der Waals surface area contributed by atoms with Gasteiger partial charge in [0, 0.05) is 50.2 Å². The predicted octanol–water partition coefficient (Wildman–Crippen LogP) is 18.0. The van der Waals surface area contributed by atoms with Crippen LogP contribution in [0.2, 0.25) is 0 Å². The smallest absolute Gasteiger partial charge is 0.142 e. The van der Waals surface area contributed by atoms with Gasteiger partial charge in [-0.3, -0.25) is 0 Å². The molecule has 1 aromatic heterocycles. The highest BCUT2D eigenvalue weighted by atomic mass is 16.3. The van der Waals surface area contributed by atoms with Crippen molar-refractivity contribution in [3.05, 3.63) is 166 Å². The molecular formula is C62H67NO. The van der Waals surface area contributed by atoms with Gasteiger partial charge in [-0.05, 0) is 115 Å². The Morgan fingerprint density at radius 2 is 1.06 bits per heavy atom. The summed E-state index contributed by atoms with van der Waals surface area (Å²) >= 11 is 0. The molecule has 326 valence electrons. The molecule has 0 saturated heterocycles. The molecule has 7 aromatic rings. The number of allylic oxidation sites excluding steroid dienone is 1. The Morgan fingerprint density at radius 3 is 1.66 bits per heavy atom. The molecule has 0 radical (unpaired) electrons. The Kier molecular flexibility index (Phi) is 9.56. The molecule has 1 heterocycles. The molecule has 0 N–H and O–H groups in total. The topological polar surface area (TPSA) is 16.4 Å². The SMILES string of the molecule is CC(C)C1=Cc2c(oc3c(-c4ccc(C(C)(C)C)cc4N(c4ccc5c(c4)C(C)(C)c4ccccc4-5)c4ccc5c(c4)C(C)(C)c4cc(C(C)(C)C)ccc4-5)cccc23)C(C(C)C)C1. The van der Waals surface area contributed by atoms with Gasteiger partial charge in [0.2, 0.25) is 0 Å². The summed E-state index contributed by atoms with van der Waals surface area (Å²) in [6.45, 7) is 32.9. The van der Waals surface area contributed by atoms with Gasteiger partial charge < -0.3 is 9.32 Å². The molecule has 3 aliphatic carbocycles. The molecule has 1 unspecified atom stereocenters. The third-order valence-electron chi connectivity index (χ3n) is 15.5. The van der Waals surface area contributed by atoms with Gasteiger partial charge in [-0.25, -0.2) is 0 Å². The summed E-state index contributed by atoms with van der Waals surface area (Å²) in [6, 6.07) is 44.7. The van der Waals surface area contributed by atoms with E-state index in [1.165, 1.54) is 77.7 Å². The Morgan fingerprint density at radius 1 is 0.547 bits per heavy atom. The van der Waals surface area contributed by atoms with Crippen molar-refractivity contribution >= 4 is 34.1 Å². The van der Waals surface area contributed by atoms with Crippen LogP contribution in [0, 0.1) is 11.8 Å². The highest BCUT2D eigenvalue weighted by Crippen LogP contribution is 2.55. The molecule has 6 aromatic carbocycles. The fourth-order valence-corrected chi connectivity index (χ4v) is 11.3. The summed E-state index contributed by atoms with van der Waals surface area (Å²) < 4.78 is 7.24. The maximum absolute atomic E-state index is 7.24. The molecule has 2 heteroatoms. The van der Waals surface area contributed by atoms with Crippen LogP contribution < -0.4 is 4.90 Å². The molecule has 0 amide bonds. The molecule has 3 aliphatic rings. The third kappa shape index (κ3) is 6.48. The summed E-state index contributed by atoms with van der Waals surface area (Å²) in [5.74, 6) is 2.44. The summed E-state index contributed by atoms with van der Waals surface area (Å²) in [6.07, 6.45) is 3.49. The van der Waals surface area contributed by atoms with Gasteiger partial charge in [-0.15, -0.1) is 0 Å². The number of para-hydroxylation sites is 1. The quantitative estimate of drug-likeness (QED) is 0.166. The van der Waals surface area contributed by atoms with E-state index in [0.29, 0.717) is 17.8 Å². The van der Waals surface area contributed by atoms with Crippen molar-refractivity contribution in [2.75, 3.05) is 4.90 Å². The van der Waals surface area contributed by atoms with Crippen LogP contribution in [0.3, 0.4) is 0 Å². The van der Waals surface area contributed by atoms with E-state index in [1.54, 1.807) is 0 Å². The van der Waals surface area contributed by atoms with E-state index in [4.69, 9.17) is 4.42 Å². The summed E-state index contributed by atoms with van der Waals surface area (Å²) in [5.41, 5.74) is 22.7. The number of nitrogens with zero attached hydrogens (tertiary/aromatic N) is 1. The lowest BCUT2D eigenvalue weighted by Gasteiger charge is -2.32. The maximum atomic E-state index is 7.24. The minimum Gasteiger partial charge on any atom is -0.459 e.